The van der Waals surface area contributed by atoms with Gasteiger partial charge in [-0.3, -0.25) is 4.79 Å². The van der Waals surface area contributed by atoms with Crippen molar-refractivity contribution >= 4 is 5.91 Å². The number of nitrogens with two attached hydrogens (primary N) is 1. The van der Waals surface area contributed by atoms with Crippen molar-refractivity contribution in [2.45, 2.75) is 65.5 Å². The van der Waals surface area contributed by atoms with Gasteiger partial charge in [-0.1, -0.05) is 40.5 Å². The molecule has 0 unspecified atom stereocenters. The molecular formula is C14H26N2O. The molecule has 2 saturated carbocycles. The minimum atomic E-state index is 0.121. The van der Waals surface area contributed by atoms with Crippen molar-refractivity contribution in [3.8, 4) is 0 Å². The molecule has 0 aliphatic heterocycles. The molecule has 0 radical (unpaired) electrons. The average Bonchev–Trinajstić information content (AvgIpc) is 2.61. The van der Waals surface area contributed by atoms with Crippen LogP contribution in [0.2, 0.25) is 0 Å². The second-order valence-electron chi connectivity index (χ2n) is 6.94. The number of amides is 1. The molecule has 0 aromatic heterocycles. The van der Waals surface area contributed by atoms with Gasteiger partial charge < -0.3 is 11.1 Å². The number of carbonyl (C=O) groups excluding carboxylic acids is 1. The first kappa shape index (κ1) is 12.9. The third kappa shape index (κ3) is 1.99. The first-order valence-corrected chi connectivity index (χ1v) is 6.84. The molecule has 3 nitrogen and oxygen atoms in total. The minimum absolute atomic E-state index is 0.121. The van der Waals surface area contributed by atoms with Gasteiger partial charge in [-0.25, -0.2) is 0 Å². The molecule has 0 heterocycles. The van der Waals surface area contributed by atoms with Crippen LogP contribution in [0.3, 0.4) is 0 Å². The van der Waals surface area contributed by atoms with Gasteiger partial charge in [0.1, 0.15) is 0 Å². The first-order valence-electron chi connectivity index (χ1n) is 6.84. The van der Waals surface area contributed by atoms with Crippen molar-refractivity contribution in [1.82, 2.24) is 5.32 Å². The Bertz CT molecular complexity index is 308. The molecule has 2 aliphatic carbocycles. The summed E-state index contributed by atoms with van der Waals surface area (Å²) < 4.78 is 0. The van der Waals surface area contributed by atoms with Crippen LogP contribution < -0.4 is 11.1 Å². The van der Waals surface area contributed by atoms with E-state index in [2.05, 4.69) is 33.0 Å². The lowest BCUT2D eigenvalue weighted by molar-refractivity contribution is -0.124. The Hall–Kier alpha value is -0.570. The first-order chi connectivity index (χ1) is 7.78. The Kier molecular flexibility index (Phi) is 3.01. The van der Waals surface area contributed by atoms with E-state index >= 15 is 0 Å². The molecule has 0 aromatic rings. The van der Waals surface area contributed by atoms with Crippen molar-refractivity contribution in [2.75, 3.05) is 0 Å². The quantitative estimate of drug-likeness (QED) is 0.773. The zero-order valence-electron chi connectivity index (χ0n) is 11.5. The van der Waals surface area contributed by atoms with E-state index in [9.17, 15) is 4.79 Å². The van der Waals surface area contributed by atoms with Gasteiger partial charge in [0, 0.05) is 18.0 Å². The molecule has 0 bridgehead atoms. The van der Waals surface area contributed by atoms with Crippen molar-refractivity contribution < 1.29 is 4.79 Å². The molecule has 1 amide bonds. The summed E-state index contributed by atoms with van der Waals surface area (Å²) >= 11 is 0. The van der Waals surface area contributed by atoms with Crippen LogP contribution in [-0.2, 0) is 4.79 Å². The Morgan fingerprint density at radius 1 is 1.12 bits per heavy atom. The topological polar surface area (TPSA) is 55.1 Å². The monoisotopic (exact) mass is 238 g/mol. The van der Waals surface area contributed by atoms with E-state index in [0.717, 1.165) is 12.8 Å². The van der Waals surface area contributed by atoms with Gasteiger partial charge in [0.15, 0.2) is 0 Å². The molecule has 2 aliphatic rings. The fraction of sp³-hybridized carbons (Fsp3) is 0.929. The lowest BCUT2D eigenvalue weighted by atomic mass is 9.91. The number of hydrogen-bond acceptors (Lipinski definition) is 2. The normalized spacial score (nSPS) is 35.4. The Morgan fingerprint density at radius 2 is 1.65 bits per heavy atom. The van der Waals surface area contributed by atoms with Crippen LogP contribution in [0, 0.1) is 16.7 Å². The highest BCUT2D eigenvalue weighted by Crippen LogP contribution is 2.68. The lowest BCUT2D eigenvalue weighted by Crippen LogP contribution is -2.50. The summed E-state index contributed by atoms with van der Waals surface area (Å²) in [6, 6.07) is 0.348. The molecule has 2 atom stereocenters. The molecule has 3 N–H and O–H groups in total. The molecular weight excluding hydrogens is 212 g/mol. The zero-order chi connectivity index (χ0) is 12.8. The number of carbonyl (C=O) groups is 1. The average molecular weight is 238 g/mol. The zero-order valence-corrected chi connectivity index (χ0v) is 11.5. The molecule has 0 saturated heterocycles. The lowest BCUT2D eigenvalue weighted by Gasteiger charge is -2.29. The van der Waals surface area contributed by atoms with Gasteiger partial charge >= 0.3 is 0 Å². The highest BCUT2D eigenvalue weighted by molar-refractivity contribution is 5.84. The summed E-state index contributed by atoms with van der Waals surface area (Å²) in [6.45, 7) is 8.71. The maximum Gasteiger partial charge on any atom is 0.224 e. The Labute approximate surface area is 105 Å². The van der Waals surface area contributed by atoms with Crippen LogP contribution in [0.4, 0.5) is 0 Å². The molecule has 0 aromatic carbocycles. The molecule has 2 fully saturated rings. The predicted molar refractivity (Wildman–Crippen MR) is 69.4 cm³/mol. The van der Waals surface area contributed by atoms with E-state index in [1.165, 1.54) is 12.8 Å². The molecule has 2 rings (SSSR count). The van der Waals surface area contributed by atoms with E-state index in [0.29, 0.717) is 0 Å². The number of hydrogen-bond donors (Lipinski definition) is 2. The van der Waals surface area contributed by atoms with Crippen molar-refractivity contribution in [3.05, 3.63) is 0 Å². The molecule has 17 heavy (non-hydrogen) atoms. The van der Waals surface area contributed by atoms with E-state index in [1.807, 2.05) is 0 Å². The summed E-state index contributed by atoms with van der Waals surface area (Å²) in [5.41, 5.74) is 6.31. The van der Waals surface area contributed by atoms with Crippen LogP contribution in [0.25, 0.3) is 0 Å². The summed E-state index contributed by atoms with van der Waals surface area (Å²) in [4.78, 5) is 12.3. The molecule has 3 heteroatoms. The smallest absolute Gasteiger partial charge is 0.224 e. The molecule has 0 spiro atoms. The van der Waals surface area contributed by atoms with Crippen molar-refractivity contribution in [3.63, 3.8) is 0 Å². The second-order valence-corrected chi connectivity index (χ2v) is 6.94. The highest BCUT2D eigenvalue weighted by atomic mass is 16.2. The fourth-order valence-corrected chi connectivity index (χ4v) is 3.46. The maximum absolute atomic E-state index is 12.3. The summed E-state index contributed by atoms with van der Waals surface area (Å²) in [5, 5.41) is 3.18. The Morgan fingerprint density at radius 3 is 2.12 bits per heavy atom. The second kappa shape index (κ2) is 3.98. The van der Waals surface area contributed by atoms with Crippen molar-refractivity contribution in [2.24, 2.45) is 22.5 Å². The highest BCUT2D eigenvalue weighted by Gasteiger charge is 2.68. The Balaban J connectivity index is 1.95. The van der Waals surface area contributed by atoms with Gasteiger partial charge in [-0.2, -0.15) is 0 Å². The van der Waals surface area contributed by atoms with Gasteiger partial charge in [-0.05, 0) is 23.7 Å². The van der Waals surface area contributed by atoms with Crippen LogP contribution in [0.15, 0.2) is 0 Å². The summed E-state index contributed by atoms with van der Waals surface area (Å²) in [6.07, 6.45) is 4.48. The van der Waals surface area contributed by atoms with E-state index in [1.54, 1.807) is 0 Å². The summed E-state index contributed by atoms with van der Waals surface area (Å²) in [7, 11) is 0. The third-order valence-electron chi connectivity index (χ3n) is 5.43. The minimum Gasteiger partial charge on any atom is -0.352 e. The third-order valence-corrected chi connectivity index (χ3v) is 5.43. The van der Waals surface area contributed by atoms with E-state index in [-0.39, 0.29) is 34.7 Å². The number of rotatable bonds is 2. The van der Waals surface area contributed by atoms with E-state index < -0.39 is 0 Å². The van der Waals surface area contributed by atoms with Crippen molar-refractivity contribution in [1.29, 1.82) is 0 Å². The van der Waals surface area contributed by atoms with Crippen LogP contribution in [-0.4, -0.2) is 18.0 Å². The predicted octanol–water partition coefficient (Wildman–Crippen LogP) is 2.05. The van der Waals surface area contributed by atoms with E-state index in [4.69, 9.17) is 5.73 Å². The van der Waals surface area contributed by atoms with Gasteiger partial charge in [-0.15, -0.1) is 0 Å². The van der Waals surface area contributed by atoms with Crippen LogP contribution >= 0.6 is 0 Å². The van der Waals surface area contributed by atoms with Gasteiger partial charge in [0.05, 0.1) is 0 Å². The van der Waals surface area contributed by atoms with Gasteiger partial charge in [0.25, 0.3) is 0 Å². The number of nitrogens with one attached hydrogen (secondary N) is 1. The summed E-state index contributed by atoms with van der Waals surface area (Å²) in [5.74, 6) is 0.353. The SMILES string of the molecule is CC1(C)C(C(=O)N[C@@H]2CCCC[C@H]2N)C1(C)C. The fourth-order valence-electron chi connectivity index (χ4n) is 3.46. The van der Waals surface area contributed by atoms with Gasteiger partial charge in [0.2, 0.25) is 5.91 Å². The van der Waals surface area contributed by atoms with Crippen LogP contribution in [0.1, 0.15) is 53.4 Å². The van der Waals surface area contributed by atoms with Crippen LogP contribution in [0.5, 0.6) is 0 Å². The standard InChI is InChI=1S/C14H26N2O/c1-13(2)11(14(13,3)4)12(17)16-10-8-6-5-7-9(10)15/h9-11H,5-8,15H2,1-4H3,(H,16,17)/t9-,10-/m1/s1. The largest absolute Gasteiger partial charge is 0.352 e. The maximum atomic E-state index is 12.3. The molecule has 98 valence electrons.